The minimum atomic E-state index is -0.544. The molecule has 0 unspecified atom stereocenters. The summed E-state index contributed by atoms with van der Waals surface area (Å²) in [5.41, 5.74) is 0.0570. The van der Waals surface area contributed by atoms with Crippen molar-refractivity contribution in [1.82, 2.24) is 9.36 Å². The van der Waals surface area contributed by atoms with Gasteiger partial charge in [0.05, 0.1) is 5.56 Å². The quantitative estimate of drug-likeness (QED) is 0.762. The van der Waals surface area contributed by atoms with Crippen LogP contribution in [0.3, 0.4) is 0 Å². The normalized spacial score (nSPS) is 10.5. The third-order valence-corrected chi connectivity index (χ3v) is 2.45. The molecule has 0 aliphatic carbocycles. The van der Waals surface area contributed by atoms with Crippen LogP contribution in [0.2, 0.25) is 0 Å². The maximum Gasteiger partial charge on any atom is 0.177 e. The number of aromatic nitrogens is 2. The van der Waals surface area contributed by atoms with Gasteiger partial charge in [0.2, 0.25) is 0 Å². The van der Waals surface area contributed by atoms with Crippen molar-refractivity contribution in [1.29, 1.82) is 0 Å². The molecule has 2 aromatic rings. The molecule has 0 spiro atoms. The maximum absolute atomic E-state index is 13.2. The first kappa shape index (κ1) is 9.54. The van der Waals surface area contributed by atoms with Gasteiger partial charge >= 0.3 is 0 Å². The smallest absolute Gasteiger partial charge is 0.177 e. The van der Waals surface area contributed by atoms with Crippen molar-refractivity contribution >= 4 is 24.2 Å². The largest absolute Gasteiger partial charge is 0.208 e. The molecule has 14 heavy (non-hydrogen) atoms. The van der Waals surface area contributed by atoms with Gasteiger partial charge in [-0.1, -0.05) is 0 Å². The van der Waals surface area contributed by atoms with Crippen molar-refractivity contribution in [2.24, 2.45) is 0 Å². The summed E-state index contributed by atoms with van der Waals surface area (Å²) >= 11 is 4.97. The summed E-state index contributed by atoms with van der Waals surface area (Å²) in [5, 5.41) is 0. The number of rotatable bonds is 1. The Balaban J connectivity index is 2.55. The van der Waals surface area contributed by atoms with E-state index in [4.69, 9.17) is 0 Å². The number of hydrogen-bond acceptors (Lipinski definition) is 4. The van der Waals surface area contributed by atoms with Crippen molar-refractivity contribution in [2.45, 2.75) is 4.34 Å². The molecule has 6 heteroatoms. The standard InChI is InChI=1S/C8H4F2N2S2/c9-4-1-2-6(10)5(3-4)7-11-8(13)14-12-7/h1-3H,(H,11,12,13). The van der Waals surface area contributed by atoms with E-state index >= 15 is 0 Å². The number of hydrogen-bond donors (Lipinski definition) is 1. The summed E-state index contributed by atoms with van der Waals surface area (Å²) in [6.07, 6.45) is 0. The van der Waals surface area contributed by atoms with Crippen LogP contribution in [0.25, 0.3) is 11.4 Å². The molecule has 0 bridgehead atoms. The highest BCUT2D eigenvalue weighted by molar-refractivity contribution is 7.82. The topological polar surface area (TPSA) is 25.8 Å². The van der Waals surface area contributed by atoms with Crippen LogP contribution >= 0.6 is 24.2 Å². The molecule has 0 N–H and O–H groups in total. The van der Waals surface area contributed by atoms with Gasteiger partial charge in [-0.3, -0.25) is 0 Å². The van der Waals surface area contributed by atoms with E-state index in [0.29, 0.717) is 4.34 Å². The van der Waals surface area contributed by atoms with Gasteiger partial charge < -0.3 is 0 Å². The molecule has 0 saturated heterocycles. The number of benzene rings is 1. The third-order valence-electron chi connectivity index (χ3n) is 1.58. The first-order valence-electron chi connectivity index (χ1n) is 3.65. The molecule has 0 saturated carbocycles. The zero-order valence-electron chi connectivity index (χ0n) is 6.74. The Hall–Kier alpha value is -1.01. The first-order chi connectivity index (χ1) is 6.66. The van der Waals surface area contributed by atoms with Gasteiger partial charge in [0.1, 0.15) is 11.6 Å². The van der Waals surface area contributed by atoms with Gasteiger partial charge in [-0.15, -0.1) is 12.6 Å². The Labute approximate surface area is 88.2 Å². The van der Waals surface area contributed by atoms with Gasteiger partial charge in [-0.05, 0) is 29.7 Å². The Morgan fingerprint density at radius 2 is 2.07 bits per heavy atom. The highest BCUT2D eigenvalue weighted by Gasteiger charge is 2.10. The molecule has 2 rings (SSSR count). The number of nitrogens with zero attached hydrogens (tertiary/aromatic N) is 2. The average Bonchev–Trinajstić information content (AvgIpc) is 2.56. The Morgan fingerprint density at radius 3 is 2.71 bits per heavy atom. The van der Waals surface area contributed by atoms with Crippen LogP contribution in [-0.2, 0) is 0 Å². The first-order valence-corrected chi connectivity index (χ1v) is 4.87. The summed E-state index contributed by atoms with van der Waals surface area (Å²) in [6, 6.07) is 3.15. The zero-order valence-corrected chi connectivity index (χ0v) is 8.45. The predicted molar refractivity (Wildman–Crippen MR) is 52.5 cm³/mol. The minimum absolute atomic E-state index is 0.0570. The monoisotopic (exact) mass is 230 g/mol. The lowest BCUT2D eigenvalue weighted by molar-refractivity contribution is 0.602. The fourth-order valence-electron chi connectivity index (χ4n) is 0.994. The molecule has 72 valence electrons. The van der Waals surface area contributed by atoms with Crippen LogP contribution in [0, 0.1) is 11.6 Å². The van der Waals surface area contributed by atoms with E-state index in [1.165, 1.54) is 0 Å². The predicted octanol–water partition coefficient (Wildman–Crippen LogP) is 2.77. The fourth-order valence-corrected chi connectivity index (χ4v) is 1.65. The molecule has 1 aromatic heterocycles. The van der Waals surface area contributed by atoms with Crippen LogP contribution in [0.4, 0.5) is 8.78 Å². The van der Waals surface area contributed by atoms with Crippen molar-refractivity contribution in [3.63, 3.8) is 0 Å². The zero-order chi connectivity index (χ0) is 10.1. The Morgan fingerprint density at radius 1 is 1.29 bits per heavy atom. The van der Waals surface area contributed by atoms with E-state index in [9.17, 15) is 8.78 Å². The van der Waals surface area contributed by atoms with Gasteiger partial charge in [-0.25, -0.2) is 13.8 Å². The lowest BCUT2D eigenvalue weighted by atomic mass is 10.2. The van der Waals surface area contributed by atoms with Crippen LogP contribution in [0.5, 0.6) is 0 Å². The minimum Gasteiger partial charge on any atom is -0.208 e. The van der Waals surface area contributed by atoms with Crippen molar-refractivity contribution in [3.8, 4) is 11.4 Å². The van der Waals surface area contributed by atoms with Gasteiger partial charge in [-0.2, -0.15) is 4.37 Å². The molecule has 0 amide bonds. The molecule has 2 nitrogen and oxygen atoms in total. The molecular weight excluding hydrogens is 226 g/mol. The highest BCUT2D eigenvalue weighted by atomic mass is 32.2. The van der Waals surface area contributed by atoms with Crippen LogP contribution < -0.4 is 0 Å². The maximum atomic E-state index is 13.2. The van der Waals surface area contributed by atoms with Crippen LogP contribution in [-0.4, -0.2) is 9.36 Å². The van der Waals surface area contributed by atoms with E-state index in [2.05, 4.69) is 22.0 Å². The molecule has 1 heterocycles. The van der Waals surface area contributed by atoms with Crippen molar-refractivity contribution in [2.75, 3.05) is 0 Å². The SMILES string of the molecule is Fc1ccc(F)c(-c2nsc(S)n2)c1. The van der Waals surface area contributed by atoms with Gasteiger partial charge in [0, 0.05) is 0 Å². The van der Waals surface area contributed by atoms with Gasteiger partial charge in [0.15, 0.2) is 10.2 Å². The van der Waals surface area contributed by atoms with Crippen molar-refractivity contribution in [3.05, 3.63) is 29.8 Å². The molecular formula is C8H4F2N2S2. The molecule has 0 fully saturated rings. The number of thiol groups is 1. The molecule has 0 aliphatic rings. The van der Waals surface area contributed by atoms with E-state index in [1.807, 2.05) is 0 Å². The molecule has 0 radical (unpaired) electrons. The third kappa shape index (κ3) is 1.76. The summed E-state index contributed by atoms with van der Waals surface area (Å²) in [6.45, 7) is 0. The second-order valence-corrected chi connectivity index (χ2v) is 4.00. The fraction of sp³-hybridized carbons (Fsp3) is 0. The Kier molecular flexibility index (Phi) is 2.47. The summed E-state index contributed by atoms with van der Waals surface area (Å²) in [7, 11) is 0. The summed E-state index contributed by atoms with van der Waals surface area (Å²) in [4.78, 5) is 3.85. The second kappa shape index (κ2) is 3.62. The number of halogens is 2. The molecule has 0 aliphatic heterocycles. The lowest BCUT2D eigenvalue weighted by Crippen LogP contribution is -1.87. The second-order valence-electron chi connectivity index (χ2n) is 2.52. The highest BCUT2D eigenvalue weighted by Crippen LogP contribution is 2.23. The van der Waals surface area contributed by atoms with E-state index < -0.39 is 11.6 Å². The van der Waals surface area contributed by atoms with Crippen LogP contribution in [0.15, 0.2) is 22.5 Å². The van der Waals surface area contributed by atoms with Crippen molar-refractivity contribution < 1.29 is 8.78 Å². The van der Waals surface area contributed by atoms with Gasteiger partial charge in [0.25, 0.3) is 0 Å². The molecule has 0 atom stereocenters. The lowest BCUT2D eigenvalue weighted by Gasteiger charge is -1.97. The molecule has 1 aromatic carbocycles. The Bertz CT molecular complexity index is 470. The van der Waals surface area contributed by atoms with E-state index in [0.717, 1.165) is 29.7 Å². The average molecular weight is 230 g/mol. The van der Waals surface area contributed by atoms with E-state index in [1.54, 1.807) is 0 Å². The summed E-state index contributed by atoms with van der Waals surface area (Å²) in [5.74, 6) is -0.897. The summed E-state index contributed by atoms with van der Waals surface area (Å²) < 4.78 is 30.3. The van der Waals surface area contributed by atoms with Crippen LogP contribution in [0.1, 0.15) is 0 Å². The van der Waals surface area contributed by atoms with E-state index in [-0.39, 0.29) is 11.4 Å².